The van der Waals surface area contributed by atoms with Crippen LogP contribution in [0.15, 0.2) is 97.1 Å². The standard InChI is InChI=1S/C28H24ClN3O2/c1-19(33)26-25-23(18-24(29)30-26)32(31-27(25)34-2)28(20-12-6-3-7-13-20,21-14-8-4-9-15-21)22-16-10-5-11-17-22/h3-19,33H,1-2H3. The molecule has 0 saturated heterocycles. The summed E-state index contributed by atoms with van der Waals surface area (Å²) in [5, 5.41) is 16.4. The van der Waals surface area contributed by atoms with Gasteiger partial charge in [-0.15, -0.1) is 5.10 Å². The van der Waals surface area contributed by atoms with Crippen molar-refractivity contribution in [1.29, 1.82) is 0 Å². The predicted octanol–water partition coefficient (Wildman–Crippen LogP) is 5.99. The lowest BCUT2D eigenvalue weighted by molar-refractivity contribution is 0.196. The second-order valence-corrected chi connectivity index (χ2v) is 8.52. The number of methoxy groups -OCH3 is 1. The highest BCUT2D eigenvalue weighted by molar-refractivity contribution is 6.30. The second-order valence-electron chi connectivity index (χ2n) is 8.13. The molecular formula is C28H24ClN3O2. The minimum atomic E-state index is -0.854. The average Bonchev–Trinajstić information content (AvgIpc) is 3.24. The molecule has 0 bridgehead atoms. The summed E-state index contributed by atoms with van der Waals surface area (Å²) >= 11 is 6.48. The van der Waals surface area contributed by atoms with E-state index in [1.807, 2.05) is 59.3 Å². The van der Waals surface area contributed by atoms with Crippen LogP contribution in [0.25, 0.3) is 10.9 Å². The van der Waals surface area contributed by atoms with E-state index >= 15 is 0 Å². The number of aromatic nitrogens is 3. The van der Waals surface area contributed by atoms with Crippen LogP contribution in [0.3, 0.4) is 0 Å². The van der Waals surface area contributed by atoms with Crippen molar-refractivity contribution in [3.8, 4) is 5.88 Å². The molecular weight excluding hydrogens is 446 g/mol. The highest BCUT2D eigenvalue weighted by atomic mass is 35.5. The van der Waals surface area contributed by atoms with Crippen molar-refractivity contribution in [2.24, 2.45) is 0 Å². The van der Waals surface area contributed by atoms with Crippen LogP contribution in [0.1, 0.15) is 35.4 Å². The molecule has 2 heterocycles. The Bertz CT molecular complexity index is 1320. The summed E-state index contributed by atoms with van der Waals surface area (Å²) in [6.07, 6.45) is -0.854. The van der Waals surface area contributed by atoms with E-state index in [2.05, 4.69) is 41.4 Å². The molecule has 5 nitrogen and oxygen atoms in total. The van der Waals surface area contributed by atoms with E-state index in [1.54, 1.807) is 20.1 Å². The van der Waals surface area contributed by atoms with Gasteiger partial charge in [0.15, 0.2) is 0 Å². The third kappa shape index (κ3) is 3.45. The summed E-state index contributed by atoms with van der Waals surface area (Å²) in [6.45, 7) is 1.66. The quantitative estimate of drug-likeness (QED) is 0.245. The van der Waals surface area contributed by atoms with Gasteiger partial charge in [-0.2, -0.15) is 0 Å². The molecule has 0 aliphatic carbocycles. The summed E-state index contributed by atoms with van der Waals surface area (Å²) in [5.74, 6) is 0.377. The summed E-state index contributed by atoms with van der Waals surface area (Å²) in [7, 11) is 1.57. The minimum absolute atomic E-state index is 0.273. The molecule has 0 amide bonds. The molecule has 2 aromatic heterocycles. The average molecular weight is 470 g/mol. The maximum absolute atomic E-state index is 10.5. The van der Waals surface area contributed by atoms with Crippen LogP contribution >= 0.6 is 11.6 Å². The zero-order valence-corrected chi connectivity index (χ0v) is 19.6. The zero-order valence-electron chi connectivity index (χ0n) is 18.9. The van der Waals surface area contributed by atoms with E-state index in [0.717, 1.165) is 16.7 Å². The molecule has 0 aliphatic rings. The first-order valence-electron chi connectivity index (χ1n) is 11.1. The van der Waals surface area contributed by atoms with Crippen molar-refractivity contribution in [2.75, 3.05) is 7.11 Å². The fourth-order valence-corrected chi connectivity index (χ4v) is 4.90. The van der Waals surface area contributed by atoms with Crippen LogP contribution in [0, 0.1) is 0 Å². The number of pyridine rings is 1. The van der Waals surface area contributed by atoms with Crippen LogP contribution < -0.4 is 4.74 Å². The first-order chi connectivity index (χ1) is 16.6. The number of nitrogens with zero attached hydrogens (tertiary/aromatic N) is 3. The van der Waals surface area contributed by atoms with E-state index in [1.165, 1.54) is 0 Å². The summed E-state index contributed by atoms with van der Waals surface area (Å²) in [4.78, 5) is 4.41. The number of hydrogen-bond donors (Lipinski definition) is 1. The van der Waals surface area contributed by atoms with Crippen LogP contribution in [0.4, 0.5) is 0 Å². The van der Waals surface area contributed by atoms with E-state index < -0.39 is 11.6 Å². The number of fused-ring (bicyclic) bond motifs is 1. The van der Waals surface area contributed by atoms with Gasteiger partial charge in [0.25, 0.3) is 0 Å². The lowest BCUT2D eigenvalue weighted by atomic mass is 9.77. The SMILES string of the molecule is COc1nn(C(c2ccccc2)(c2ccccc2)c2ccccc2)c2cc(Cl)nc(C(C)O)c12. The summed E-state index contributed by atoms with van der Waals surface area (Å²) < 4.78 is 7.66. The monoisotopic (exact) mass is 469 g/mol. The predicted molar refractivity (Wildman–Crippen MR) is 134 cm³/mol. The van der Waals surface area contributed by atoms with Crippen molar-refractivity contribution >= 4 is 22.5 Å². The highest BCUT2D eigenvalue weighted by Gasteiger charge is 2.41. The molecule has 170 valence electrons. The molecule has 0 aliphatic heterocycles. The van der Waals surface area contributed by atoms with Gasteiger partial charge in [0.1, 0.15) is 10.7 Å². The van der Waals surface area contributed by atoms with Gasteiger partial charge in [0.05, 0.1) is 29.8 Å². The number of aliphatic hydroxyl groups is 1. The Morgan fingerprint density at radius 1 is 0.853 bits per heavy atom. The van der Waals surface area contributed by atoms with Gasteiger partial charge in [-0.25, -0.2) is 9.67 Å². The third-order valence-corrected chi connectivity index (χ3v) is 6.30. The molecule has 6 heteroatoms. The van der Waals surface area contributed by atoms with E-state index in [9.17, 15) is 5.11 Å². The van der Waals surface area contributed by atoms with Crippen molar-refractivity contribution in [3.63, 3.8) is 0 Å². The third-order valence-electron chi connectivity index (χ3n) is 6.11. The molecule has 5 rings (SSSR count). The number of halogens is 1. The Morgan fingerprint density at radius 2 is 1.32 bits per heavy atom. The van der Waals surface area contributed by atoms with Crippen LogP contribution in [-0.2, 0) is 5.54 Å². The van der Waals surface area contributed by atoms with Crippen LogP contribution in [0.2, 0.25) is 5.15 Å². The Labute approximate surface area is 203 Å². The molecule has 1 N–H and O–H groups in total. The normalized spacial score (nSPS) is 12.6. The smallest absolute Gasteiger partial charge is 0.242 e. The maximum atomic E-state index is 10.5. The van der Waals surface area contributed by atoms with Crippen molar-refractivity contribution in [3.05, 3.63) is 125 Å². The lowest BCUT2D eigenvalue weighted by Gasteiger charge is -2.36. The topological polar surface area (TPSA) is 60.2 Å². The molecule has 34 heavy (non-hydrogen) atoms. The number of hydrogen-bond acceptors (Lipinski definition) is 4. The number of ether oxygens (including phenoxy) is 1. The Hall–Kier alpha value is -3.67. The summed E-state index contributed by atoms with van der Waals surface area (Å²) in [6, 6.07) is 32.5. The first-order valence-corrected chi connectivity index (χ1v) is 11.4. The molecule has 5 aromatic rings. The highest BCUT2D eigenvalue weighted by Crippen LogP contribution is 2.44. The Kier molecular flexibility index (Phi) is 5.82. The fraction of sp³-hybridized carbons (Fsp3) is 0.143. The van der Waals surface area contributed by atoms with Crippen molar-refractivity contribution in [2.45, 2.75) is 18.6 Å². The van der Waals surface area contributed by atoms with Gasteiger partial charge in [-0.1, -0.05) is 103 Å². The van der Waals surface area contributed by atoms with Gasteiger partial charge in [0, 0.05) is 6.07 Å². The molecule has 0 saturated carbocycles. The minimum Gasteiger partial charge on any atom is -0.479 e. The van der Waals surface area contributed by atoms with Crippen LogP contribution in [0.5, 0.6) is 5.88 Å². The van der Waals surface area contributed by atoms with Crippen LogP contribution in [-0.4, -0.2) is 27.0 Å². The number of aliphatic hydroxyl groups excluding tert-OH is 1. The molecule has 3 aromatic carbocycles. The van der Waals surface area contributed by atoms with Gasteiger partial charge < -0.3 is 9.84 Å². The number of rotatable bonds is 6. The molecule has 1 unspecified atom stereocenters. The maximum Gasteiger partial charge on any atom is 0.242 e. The largest absolute Gasteiger partial charge is 0.479 e. The Balaban J connectivity index is 2.01. The number of benzene rings is 3. The van der Waals surface area contributed by atoms with E-state index in [4.69, 9.17) is 21.4 Å². The van der Waals surface area contributed by atoms with Crippen molar-refractivity contribution in [1.82, 2.24) is 14.8 Å². The molecule has 0 spiro atoms. The van der Waals surface area contributed by atoms with E-state index in [-0.39, 0.29) is 5.15 Å². The molecule has 0 radical (unpaired) electrons. The van der Waals surface area contributed by atoms with Gasteiger partial charge in [0.2, 0.25) is 5.88 Å². The second kappa shape index (κ2) is 8.93. The Morgan fingerprint density at radius 3 is 1.74 bits per heavy atom. The molecule has 1 atom stereocenters. The van der Waals surface area contributed by atoms with E-state index in [0.29, 0.717) is 22.5 Å². The molecule has 0 fully saturated rings. The van der Waals surface area contributed by atoms with Crippen molar-refractivity contribution < 1.29 is 9.84 Å². The summed E-state index contributed by atoms with van der Waals surface area (Å²) in [5.41, 5.74) is 3.35. The van der Waals surface area contributed by atoms with Gasteiger partial charge in [-0.05, 0) is 23.6 Å². The first kappa shape index (κ1) is 22.1. The zero-order chi connectivity index (χ0) is 23.7. The van der Waals surface area contributed by atoms with Gasteiger partial charge >= 0.3 is 0 Å². The lowest BCUT2D eigenvalue weighted by Crippen LogP contribution is -2.38. The fourth-order valence-electron chi connectivity index (χ4n) is 4.71. The van der Waals surface area contributed by atoms with Gasteiger partial charge in [-0.3, -0.25) is 0 Å².